The van der Waals surface area contributed by atoms with Crippen molar-refractivity contribution in [3.8, 4) is 0 Å². The molecule has 2 aliphatic rings. The maximum absolute atomic E-state index is 12.8. The van der Waals surface area contributed by atoms with Crippen LogP contribution in [-0.2, 0) is 11.3 Å². The molecule has 0 spiro atoms. The van der Waals surface area contributed by atoms with Crippen molar-refractivity contribution < 1.29 is 4.79 Å². The van der Waals surface area contributed by atoms with Crippen molar-refractivity contribution in [2.45, 2.75) is 45.7 Å². The number of benzene rings is 1. The quantitative estimate of drug-likeness (QED) is 0.767. The zero-order valence-corrected chi connectivity index (χ0v) is 15.1. The molecular weight excluding hydrogens is 304 g/mol. The normalized spacial score (nSPS) is 21.2. The summed E-state index contributed by atoms with van der Waals surface area (Å²) in [5.74, 6) is 2.67. The number of anilines is 1. The van der Waals surface area contributed by atoms with Gasteiger partial charge in [-0.2, -0.15) is 11.8 Å². The molecule has 1 fully saturated rings. The Kier molecular flexibility index (Phi) is 5.65. The van der Waals surface area contributed by atoms with E-state index >= 15 is 0 Å². The van der Waals surface area contributed by atoms with Crippen LogP contribution < -0.4 is 4.90 Å². The van der Waals surface area contributed by atoms with E-state index in [2.05, 4.69) is 47.9 Å². The Bertz CT molecular complexity index is 546. The van der Waals surface area contributed by atoms with E-state index in [-0.39, 0.29) is 5.91 Å². The molecule has 23 heavy (non-hydrogen) atoms. The summed E-state index contributed by atoms with van der Waals surface area (Å²) in [6, 6.07) is 8.99. The zero-order chi connectivity index (χ0) is 16.2. The average Bonchev–Trinajstić information content (AvgIpc) is 2.90. The molecule has 3 nitrogen and oxygen atoms in total. The van der Waals surface area contributed by atoms with Crippen LogP contribution in [0.1, 0.15) is 38.7 Å². The van der Waals surface area contributed by atoms with Gasteiger partial charge in [-0.3, -0.25) is 9.69 Å². The molecule has 0 unspecified atom stereocenters. The lowest BCUT2D eigenvalue weighted by molar-refractivity contribution is -0.116. The minimum atomic E-state index is 0.278. The molecule has 4 heteroatoms. The Morgan fingerprint density at radius 2 is 2.17 bits per heavy atom. The summed E-state index contributed by atoms with van der Waals surface area (Å²) in [5, 5.41) is 0. The number of hydrogen-bond donors (Lipinski definition) is 0. The van der Waals surface area contributed by atoms with Gasteiger partial charge in [-0.15, -0.1) is 0 Å². The fourth-order valence-corrected chi connectivity index (χ4v) is 4.65. The van der Waals surface area contributed by atoms with Crippen molar-refractivity contribution >= 4 is 23.4 Å². The first kappa shape index (κ1) is 16.8. The summed E-state index contributed by atoms with van der Waals surface area (Å²) in [6.45, 7) is 7.50. The Morgan fingerprint density at radius 3 is 3.00 bits per heavy atom. The third-order valence-electron chi connectivity index (χ3n) is 4.91. The lowest BCUT2D eigenvalue weighted by Crippen LogP contribution is -2.41. The van der Waals surface area contributed by atoms with Crippen LogP contribution in [0.25, 0.3) is 0 Å². The number of carbonyl (C=O) groups is 1. The van der Waals surface area contributed by atoms with E-state index in [9.17, 15) is 4.79 Å². The first-order valence-corrected chi connectivity index (χ1v) is 10.0. The number of rotatable bonds is 5. The molecule has 3 rings (SSSR count). The van der Waals surface area contributed by atoms with Crippen LogP contribution in [0.5, 0.6) is 0 Å². The number of amides is 1. The smallest absolute Gasteiger partial charge is 0.237 e. The first-order valence-electron chi connectivity index (χ1n) is 8.85. The molecule has 0 bridgehead atoms. The van der Waals surface area contributed by atoms with Gasteiger partial charge in [0.25, 0.3) is 0 Å². The number of para-hydroxylation sites is 1. The van der Waals surface area contributed by atoms with Crippen LogP contribution in [0, 0.1) is 5.92 Å². The second-order valence-corrected chi connectivity index (χ2v) is 8.24. The minimum absolute atomic E-state index is 0.278. The number of carbonyl (C=O) groups excluding carboxylic acids is 1. The maximum Gasteiger partial charge on any atom is 0.237 e. The van der Waals surface area contributed by atoms with Crippen molar-refractivity contribution in [1.29, 1.82) is 0 Å². The minimum Gasteiger partial charge on any atom is -0.310 e. The number of thioether (sulfide) groups is 1. The van der Waals surface area contributed by atoms with Crippen molar-refractivity contribution in [2.24, 2.45) is 5.92 Å². The van der Waals surface area contributed by atoms with Crippen LogP contribution in [0.3, 0.4) is 0 Å². The van der Waals surface area contributed by atoms with Crippen LogP contribution in [0.4, 0.5) is 5.69 Å². The number of fused-ring (bicyclic) bond motifs is 2. The summed E-state index contributed by atoms with van der Waals surface area (Å²) in [6.07, 6.45) is 3.67. The van der Waals surface area contributed by atoms with Gasteiger partial charge in [0.05, 0.1) is 5.75 Å². The van der Waals surface area contributed by atoms with Crippen molar-refractivity contribution in [1.82, 2.24) is 4.90 Å². The topological polar surface area (TPSA) is 23.6 Å². The Hall–Kier alpha value is -1.00. The fourth-order valence-electron chi connectivity index (χ4n) is 3.54. The van der Waals surface area contributed by atoms with Crippen LogP contribution in [0.2, 0.25) is 0 Å². The van der Waals surface area contributed by atoms with Crippen molar-refractivity contribution in [3.05, 3.63) is 29.8 Å². The molecule has 1 amide bonds. The van der Waals surface area contributed by atoms with E-state index in [1.807, 2.05) is 0 Å². The molecule has 2 aliphatic heterocycles. The van der Waals surface area contributed by atoms with Gasteiger partial charge in [0.15, 0.2) is 0 Å². The summed E-state index contributed by atoms with van der Waals surface area (Å²) in [5.41, 5.74) is 2.44. The van der Waals surface area contributed by atoms with Gasteiger partial charge in [-0.25, -0.2) is 0 Å². The second kappa shape index (κ2) is 7.71. The Labute approximate surface area is 144 Å². The molecule has 0 aromatic heterocycles. The predicted octanol–water partition coefficient (Wildman–Crippen LogP) is 3.78. The average molecular weight is 333 g/mol. The van der Waals surface area contributed by atoms with Gasteiger partial charge in [0.2, 0.25) is 5.91 Å². The number of hydrogen-bond acceptors (Lipinski definition) is 3. The van der Waals surface area contributed by atoms with Crippen LogP contribution in [-0.4, -0.2) is 41.4 Å². The van der Waals surface area contributed by atoms with E-state index in [1.54, 1.807) is 11.8 Å². The van der Waals surface area contributed by atoms with Crippen LogP contribution >= 0.6 is 11.8 Å². The predicted molar refractivity (Wildman–Crippen MR) is 99.0 cm³/mol. The van der Waals surface area contributed by atoms with E-state index in [0.717, 1.165) is 24.5 Å². The Balaban J connectivity index is 1.70. The van der Waals surface area contributed by atoms with E-state index < -0.39 is 0 Å². The van der Waals surface area contributed by atoms with Gasteiger partial charge in [0.1, 0.15) is 0 Å². The highest BCUT2D eigenvalue weighted by atomic mass is 32.2. The van der Waals surface area contributed by atoms with Gasteiger partial charge >= 0.3 is 0 Å². The molecule has 1 saturated heterocycles. The van der Waals surface area contributed by atoms with E-state index in [0.29, 0.717) is 17.7 Å². The molecule has 1 aromatic rings. The summed E-state index contributed by atoms with van der Waals surface area (Å²) >= 11 is 1.79. The monoisotopic (exact) mass is 332 g/mol. The molecular formula is C19H28N2OS. The van der Waals surface area contributed by atoms with Crippen molar-refractivity contribution in [2.75, 3.05) is 29.5 Å². The summed E-state index contributed by atoms with van der Waals surface area (Å²) in [4.78, 5) is 17.5. The van der Waals surface area contributed by atoms with Gasteiger partial charge in [-0.1, -0.05) is 32.0 Å². The molecule has 0 radical (unpaired) electrons. The zero-order valence-electron chi connectivity index (χ0n) is 14.3. The second-order valence-electron chi connectivity index (χ2n) is 7.13. The third kappa shape index (κ3) is 4.10. The van der Waals surface area contributed by atoms with Crippen LogP contribution in [0.15, 0.2) is 24.3 Å². The van der Waals surface area contributed by atoms with E-state index in [1.165, 1.54) is 31.4 Å². The van der Waals surface area contributed by atoms with Gasteiger partial charge < -0.3 is 4.90 Å². The molecule has 0 aliphatic carbocycles. The first-order chi connectivity index (χ1) is 11.1. The van der Waals surface area contributed by atoms with Crippen molar-refractivity contribution in [3.63, 3.8) is 0 Å². The lowest BCUT2D eigenvalue weighted by Gasteiger charge is -2.26. The van der Waals surface area contributed by atoms with E-state index in [4.69, 9.17) is 0 Å². The molecule has 126 valence electrons. The Morgan fingerprint density at radius 1 is 1.35 bits per heavy atom. The molecule has 2 heterocycles. The standard InChI is InChI=1S/C19H28N2OS/c1-15(2)9-11-23-14-19(22)21-13-17-7-5-10-20(17)12-16-6-3-4-8-18(16)21/h3-4,6,8,15,17H,5,7,9-14H2,1-2H3/t17-/m1/s1. The highest BCUT2D eigenvalue weighted by Crippen LogP contribution is 2.31. The highest BCUT2D eigenvalue weighted by Gasteiger charge is 2.33. The molecule has 0 N–H and O–H groups in total. The van der Waals surface area contributed by atoms with Gasteiger partial charge in [-0.05, 0) is 49.1 Å². The third-order valence-corrected chi connectivity index (χ3v) is 5.89. The largest absolute Gasteiger partial charge is 0.310 e. The molecule has 1 atom stereocenters. The fraction of sp³-hybridized carbons (Fsp3) is 0.632. The highest BCUT2D eigenvalue weighted by molar-refractivity contribution is 7.99. The number of nitrogens with zero attached hydrogens (tertiary/aromatic N) is 2. The molecule has 1 aromatic carbocycles. The summed E-state index contributed by atoms with van der Waals surface area (Å²) < 4.78 is 0. The SMILES string of the molecule is CC(C)CCSCC(=O)N1C[C@H]2CCCN2Cc2ccccc21. The lowest BCUT2D eigenvalue weighted by atomic mass is 10.1. The maximum atomic E-state index is 12.8. The summed E-state index contributed by atoms with van der Waals surface area (Å²) in [7, 11) is 0. The van der Waals surface area contributed by atoms with Gasteiger partial charge in [0, 0.05) is 24.8 Å². The molecule has 0 saturated carbocycles.